The van der Waals surface area contributed by atoms with Gasteiger partial charge in [0.2, 0.25) is 0 Å². The number of phenols is 1. The highest BCUT2D eigenvalue weighted by atomic mass is 16.6. The lowest BCUT2D eigenvalue weighted by atomic mass is 10.1. The lowest BCUT2D eigenvalue weighted by molar-refractivity contribution is -0.158. The lowest BCUT2D eigenvalue weighted by Crippen LogP contribution is -2.16. The number of hydrogen-bond acceptors (Lipinski definition) is 4. The van der Waals surface area contributed by atoms with E-state index < -0.39 is 11.9 Å². The van der Waals surface area contributed by atoms with E-state index in [4.69, 9.17) is 9.84 Å². The molecule has 1 aromatic heterocycles. The third-order valence-corrected chi connectivity index (χ3v) is 2.51. The first kappa shape index (κ1) is 12.9. The number of aromatic hydroxyl groups is 1. The Kier molecular flexibility index (Phi) is 3.97. The summed E-state index contributed by atoms with van der Waals surface area (Å²) in [4.78, 5) is 25.8. The Hall–Kier alpha value is -2.56. The zero-order valence-corrected chi connectivity index (χ0v) is 10.1. The van der Waals surface area contributed by atoms with Gasteiger partial charge >= 0.3 is 11.9 Å². The molecule has 0 unspecified atom stereocenters. The second kappa shape index (κ2) is 5.86. The number of phenolic OH excluding ortho intramolecular Hbond substituents is 1. The van der Waals surface area contributed by atoms with Crippen LogP contribution in [0.1, 0.15) is 11.3 Å². The predicted octanol–water partition coefficient (Wildman–Crippen LogP) is 1.58. The standard InChI is InChI=1S/C14H13NO4/c16-12-5-3-10(4-6-12)8-13(17)19-14(18)9-11-2-1-7-15-11/h1-7,15-16H,8-9H2. The van der Waals surface area contributed by atoms with E-state index in [0.717, 1.165) is 0 Å². The first-order valence-electron chi connectivity index (χ1n) is 5.77. The van der Waals surface area contributed by atoms with Crippen LogP contribution >= 0.6 is 0 Å². The van der Waals surface area contributed by atoms with Crippen LogP contribution in [-0.2, 0) is 27.2 Å². The van der Waals surface area contributed by atoms with Gasteiger partial charge in [0, 0.05) is 11.9 Å². The van der Waals surface area contributed by atoms with Crippen LogP contribution in [0.4, 0.5) is 0 Å². The average molecular weight is 259 g/mol. The molecule has 1 aromatic carbocycles. The van der Waals surface area contributed by atoms with E-state index in [9.17, 15) is 9.59 Å². The Bertz CT molecular complexity index is 558. The summed E-state index contributed by atoms with van der Waals surface area (Å²) in [6.45, 7) is 0. The van der Waals surface area contributed by atoms with E-state index in [2.05, 4.69) is 4.98 Å². The summed E-state index contributed by atoms with van der Waals surface area (Å²) in [6, 6.07) is 9.66. The summed E-state index contributed by atoms with van der Waals surface area (Å²) in [5.41, 5.74) is 1.37. The summed E-state index contributed by atoms with van der Waals surface area (Å²) in [5, 5.41) is 9.11. The van der Waals surface area contributed by atoms with Gasteiger partial charge in [-0.15, -0.1) is 0 Å². The van der Waals surface area contributed by atoms with Crippen molar-refractivity contribution in [1.82, 2.24) is 4.98 Å². The van der Waals surface area contributed by atoms with Crippen molar-refractivity contribution in [2.45, 2.75) is 12.8 Å². The molecule has 5 heteroatoms. The number of ether oxygens (including phenoxy) is 1. The molecule has 0 atom stereocenters. The molecule has 2 rings (SSSR count). The average Bonchev–Trinajstić information content (AvgIpc) is 2.84. The minimum absolute atomic E-state index is 0.00323. The first-order chi connectivity index (χ1) is 9.13. The highest BCUT2D eigenvalue weighted by molar-refractivity contribution is 5.87. The molecule has 0 bridgehead atoms. The number of aromatic nitrogens is 1. The van der Waals surface area contributed by atoms with Crippen LogP contribution in [0, 0.1) is 0 Å². The van der Waals surface area contributed by atoms with Gasteiger partial charge in [-0.2, -0.15) is 0 Å². The number of carbonyl (C=O) groups excluding carboxylic acids is 2. The van der Waals surface area contributed by atoms with Gasteiger partial charge in [0.05, 0.1) is 12.8 Å². The first-order valence-corrected chi connectivity index (χ1v) is 5.77. The van der Waals surface area contributed by atoms with Gasteiger partial charge in [0.25, 0.3) is 0 Å². The molecule has 0 fully saturated rings. The number of aromatic amines is 1. The third kappa shape index (κ3) is 3.99. The van der Waals surface area contributed by atoms with Crippen LogP contribution < -0.4 is 0 Å². The smallest absolute Gasteiger partial charge is 0.319 e. The summed E-state index contributed by atoms with van der Waals surface area (Å²) >= 11 is 0. The fraction of sp³-hybridized carbons (Fsp3) is 0.143. The number of hydrogen-bond donors (Lipinski definition) is 2. The highest BCUT2D eigenvalue weighted by Crippen LogP contribution is 2.10. The van der Waals surface area contributed by atoms with Crippen molar-refractivity contribution in [2.75, 3.05) is 0 Å². The SMILES string of the molecule is O=C(Cc1ccc(O)cc1)OC(=O)Cc1ccc[nH]1. The Morgan fingerprint density at radius 2 is 1.74 bits per heavy atom. The van der Waals surface area contributed by atoms with Crippen LogP contribution in [0.15, 0.2) is 42.6 Å². The van der Waals surface area contributed by atoms with Crippen LogP contribution in [-0.4, -0.2) is 22.0 Å². The molecule has 0 saturated carbocycles. The van der Waals surface area contributed by atoms with Crippen molar-refractivity contribution < 1.29 is 19.4 Å². The zero-order valence-electron chi connectivity index (χ0n) is 10.1. The van der Waals surface area contributed by atoms with Crippen LogP contribution in [0.3, 0.4) is 0 Å². The molecule has 19 heavy (non-hydrogen) atoms. The maximum atomic E-state index is 11.5. The minimum Gasteiger partial charge on any atom is -0.508 e. The molecule has 5 nitrogen and oxygen atoms in total. The van der Waals surface area contributed by atoms with Crippen molar-refractivity contribution in [3.63, 3.8) is 0 Å². The second-order valence-corrected chi connectivity index (χ2v) is 4.06. The molecule has 0 amide bonds. The Labute approximate surface area is 109 Å². The molecular weight excluding hydrogens is 246 g/mol. The molecule has 1 heterocycles. The van der Waals surface area contributed by atoms with Gasteiger partial charge in [-0.1, -0.05) is 12.1 Å². The quantitative estimate of drug-likeness (QED) is 0.645. The highest BCUT2D eigenvalue weighted by Gasteiger charge is 2.12. The summed E-state index contributed by atoms with van der Waals surface area (Å²) < 4.78 is 4.70. The van der Waals surface area contributed by atoms with E-state index in [1.807, 2.05) is 0 Å². The van der Waals surface area contributed by atoms with E-state index in [1.54, 1.807) is 30.5 Å². The molecule has 2 N–H and O–H groups in total. The Morgan fingerprint density at radius 1 is 1.05 bits per heavy atom. The second-order valence-electron chi connectivity index (χ2n) is 4.06. The Morgan fingerprint density at radius 3 is 2.37 bits per heavy atom. The largest absolute Gasteiger partial charge is 0.508 e. The van der Waals surface area contributed by atoms with Crippen LogP contribution in [0.5, 0.6) is 5.75 Å². The molecule has 2 aromatic rings. The molecule has 0 spiro atoms. The lowest BCUT2D eigenvalue weighted by Gasteiger charge is -2.03. The molecule has 0 aliphatic heterocycles. The minimum atomic E-state index is -0.609. The summed E-state index contributed by atoms with van der Waals surface area (Å²) in [7, 11) is 0. The van der Waals surface area contributed by atoms with Gasteiger partial charge in [-0.3, -0.25) is 9.59 Å². The summed E-state index contributed by atoms with van der Waals surface area (Å²) in [6.07, 6.45) is 1.73. The van der Waals surface area contributed by atoms with Crippen molar-refractivity contribution in [3.8, 4) is 5.75 Å². The fourth-order valence-corrected chi connectivity index (χ4v) is 1.61. The predicted molar refractivity (Wildman–Crippen MR) is 67.4 cm³/mol. The normalized spacial score (nSPS) is 10.1. The van der Waals surface area contributed by atoms with Gasteiger partial charge in [0.15, 0.2) is 0 Å². The maximum absolute atomic E-state index is 11.5. The van der Waals surface area contributed by atoms with Crippen LogP contribution in [0.2, 0.25) is 0 Å². The number of rotatable bonds is 4. The number of carbonyl (C=O) groups is 2. The molecule has 0 saturated heterocycles. The van der Waals surface area contributed by atoms with E-state index >= 15 is 0 Å². The Balaban J connectivity index is 1.84. The summed E-state index contributed by atoms with van der Waals surface area (Å²) in [5.74, 6) is -1.08. The van der Waals surface area contributed by atoms with Crippen molar-refractivity contribution in [1.29, 1.82) is 0 Å². The maximum Gasteiger partial charge on any atom is 0.319 e. The molecule has 98 valence electrons. The number of benzene rings is 1. The molecule has 0 radical (unpaired) electrons. The van der Waals surface area contributed by atoms with Gasteiger partial charge < -0.3 is 14.8 Å². The molecule has 0 aliphatic carbocycles. The van der Waals surface area contributed by atoms with Crippen molar-refractivity contribution in [3.05, 3.63) is 53.9 Å². The molecular formula is C14H13NO4. The van der Waals surface area contributed by atoms with Crippen molar-refractivity contribution >= 4 is 11.9 Å². The number of nitrogens with one attached hydrogen (secondary N) is 1. The number of esters is 2. The van der Waals surface area contributed by atoms with Gasteiger partial charge in [0.1, 0.15) is 5.75 Å². The van der Waals surface area contributed by atoms with E-state index in [1.165, 1.54) is 12.1 Å². The zero-order chi connectivity index (χ0) is 13.7. The van der Waals surface area contributed by atoms with Gasteiger partial charge in [-0.05, 0) is 29.8 Å². The van der Waals surface area contributed by atoms with E-state index in [0.29, 0.717) is 11.3 Å². The third-order valence-electron chi connectivity index (χ3n) is 2.51. The molecule has 0 aliphatic rings. The van der Waals surface area contributed by atoms with Crippen LogP contribution in [0.25, 0.3) is 0 Å². The fourth-order valence-electron chi connectivity index (χ4n) is 1.61. The van der Waals surface area contributed by atoms with Crippen molar-refractivity contribution in [2.24, 2.45) is 0 Å². The van der Waals surface area contributed by atoms with Gasteiger partial charge in [-0.25, -0.2) is 0 Å². The monoisotopic (exact) mass is 259 g/mol. The number of H-pyrrole nitrogens is 1. The topological polar surface area (TPSA) is 79.4 Å². The van der Waals surface area contributed by atoms with E-state index in [-0.39, 0.29) is 18.6 Å².